The maximum absolute atomic E-state index is 12.9. The summed E-state index contributed by atoms with van der Waals surface area (Å²) in [7, 11) is 1.66. The monoisotopic (exact) mass is 454 g/mol. The third-order valence-electron chi connectivity index (χ3n) is 4.56. The molecule has 0 aliphatic heterocycles. The average Bonchev–Trinajstić information content (AvgIpc) is 3.24. The third kappa shape index (κ3) is 3.98. The van der Waals surface area contributed by atoms with Crippen molar-refractivity contribution >= 4 is 43.4 Å². The summed E-state index contributed by atoms with van der Waals surface area (Å²) in [4.78, 5) is 12.9. The van der Waals surface area contributed by atoms with E-state index >= 15 is 0 Å². The number of nitrogens with zero attached hydrogens (tertiary/aromatic N) is 1. The highest BCUT2D eigenvalue weighted by atomic mass is 79.9. The van der Waals surface area contributed by atoms with Crippen LogP contribution in [0.25, 0.3) is 10.2 Å². The van der Waals surface area contributed by atoms with Gasteiger partial charge in [-0.1, -0.05) is 42.5 Å². The first kappa shape index (κ1) is 18.8. The van der Waals surface area contributed by atoms with E-state index in [0.29, 0.717) is 18.8 Å². The highest BCUT2D eigenvalue weighted by Gasteiger charge is 2.18. The van der Waals surface area contributed by atoms with Crippen molar-refractivity contribution in [2.45, 2.75) is 13.1 Å². The summed E-state index contributed by atoms with van der Waals surface area (Å²) in [6.07, 6.45) is 0. The molecule has 0 spiro atoms. The van der Waals surface area contributed by atoms with Gasteiger partial charge in [0.2, 0.25) is 0 Å². The number of rotatable bonds is 6. The van der Waals surface area contributed by atoms with E-state index in [4.69, 9.17) is 4.74 Å². The molecule has 0 fully saturated rings. The zero-order valence-electron chi connectivity index (χ0n) is 15.3. The number of methoxy groups -OCH3 is 1. The van der Waals surface area contributed by atoms with Gasteiger partial charge in [-0.25, -0.2) is 0 Å². The van der Waals surface area contributed by atoms with Crippen molar-refractivity contribution < 1.29 is 9.53 Å². The Hall–Kier alpha value is -2.57. The molecule has 142 valence electrons. The van der Waals surface area contributed by atoms with Crippen LogP contribution in [0.2, 0.25) is 0 Å². The Labute approximate surface area is 175 Å². The van der Waals surface area contributed by atoms with Crippen LogP contribution in [-0.2, 0) is 13.1 Å². The summed E-state index contributed by atoms with van der Waals surface area (Å²) in [5, 5.41) is 3.04. The van der Waals surface area contributed by atoms with Gasteiger partial charge in [0.25, 0.3) is 5.91 Å². The molecular weight excluding hydrogens is 436 g/mol. The lowest BCUT2D eigenvalue weighted by Crippen LogP contribution is -2.25. The third-order valence-corrected chi connectivity index (χ3v) is 6.14. The highest BCUT2D eigenvalue weighted by Crippen LogP contribution is 2.33. The van der Waals surface area contributed by atoms with E-state index in [-0.39, 0.29) is 5.91 Å². The Kier molecular flexibility index (Phi) is 5.50. The molecule has 0 aliphatic rings. The summed E-state index contributed by atoms with van der Waals surface area (Å²) in [6, 6.07) is 21.9. The predicted molar refractivity (Wildman–Crippen MR) is 117 cm³/mol. The molecule has 0 unspecified atom stereocenters. The number of benzene rings is 2. The molecule has 2 aromatic carbocycles. The van der Waals surface area contributed by atoms with E-state index in [9.17, 15) is 4.79 Å². The Bertz CT molecular complexity index is 1120. The summed E-state index contributed by atoms with van der Waals surface area (Å²) in [5.41, 5.74) is 3.86. The van der Waals surface area contributed by atoms with Gasteiger partial charge < -0.3 is 14.6 Å². The largest absolute Gasteiger partial charge is 0.497 e. The van der Waals surface area contributed by atoms with Gasteiger partial charge in [-0.15, -0.1) is 11.3 Å². The van der Waals surface area contributed by atoms with Crippen LogP contribution in [0.4, 0.5) is 0 Å². The van der Waals surface area contributed by atoms with E-state index in [0.717, 1.165) is 30.9 Å². The second-order valence-electron chi connectivity index (χ2n) is 6.44. The lowest BCUT2D eigenvalue weighted by atomic mass is 10.2. The molecule has 0 atom stereocenters. The second kappa shape index (κ2) is 8.20. The maximum Gasteiger partial charge on any atom is 0.268 e. The Morgan fingerprint density at radius 1 is 1.07 bits per heavy atom. The zero-order valence-corrected chi connectivity index (χ0v) is 17.7. The smallest absolute Gasteiger partial charge is 0.268 e. The van der Waals surface area contributed by atoms with Gasteiger partial charge >= 0.3 is 0 Å². The maximum atomic E-state index is 12.9. The number of fused-ring (bicyclic) bond motifs is 1. The van der Waals surface area contributed by atoms with E-state index in [1.165, 1.54) is 0 Å². The van der Waals surface area contributed by atoms with Gasteiger partial charge in [0, 0.05) is 13.1 Å². The van der Waals surface area contributed by atoms with Crippen molar-refractivity contribution in [1.82, 2.24) is 9.88 Å². The molecule has 2 aromatic heterocycles. The van der Waals surface area contributed by atoms with E-state index in [2.05, 4.69) is 31.9 Å². The number of amides is 1. The molecule has 0 saturated carbocycles. The molecule has 1 amide bonds. The van der Waals surface area contributed by atoms with Crippen molar-refractivity contribution in [3.63, 3.8) is 0 Å². The summed E-state index contributed by atoms with van der Waals surface area (Å²) >= 11 is 5.18. The SMILES string of the molecule is COc1cccc(Cn2c(C(=O)NCc3ccccc3)cc3sc(Br)cc32)c1. The molecule has 0 radical (unpaired) electrons. The average molecular weight is 455 g/mol. The number of halogens is 1. The van der Waals surface area contributed by atoms with Gasteiger partial charge in [-0.2, -0.15) is 0 Å². The van der Waals surface area contributed by atoms with Crippen molar-refractivity contribution in [3.8, 4) is 5.75 Å². The van der Waals surface area contributed by atoms with Crippen LogP contribution in [0.15, 0.2) is 70.5 Å². The Balaban J connectivity index is 1.64. The first-order chi connectivity index (χ1) is 13.6. The molecular formula is C22H19BrN2O2S. The van der Waals surface area contributed by atoms with Crippen LogP contribution in [0, 0.1) is 0 Å². The molecule has 0 bridgehead atoms. The fourth-order valence-electron chi connectivity index (χ4n) is 3.19. The standard InChI is InChI=1S/C22H19BrN2O2S/c1-27-17-9-5-8-16(10-17)14-25-18-12-21(23)28-20(18)11-19(25)22(26)24-13-15-6-3-2-4-7-15/h2-12H,13-14H2,1H3,(H,24,26). The van der Waals surface area contributed by atoms with Crippen LogP contribution < -0.4 is 10.1 Å². The van der Waals surface area contributed by atoms with Crippen LogP contribution >= 0.6 is 27.3 Å². The Morgan fingerprint density at radius 3 is 2.64 bits per heavy atom. The number of hydrogen-bond donors (Lipinski definition) is 1. The number of carbonyl (C=O) groups is 1. The molecule has 4 aromatic rings. The van der Waals surface area contributed by atoms with E-state index in [1.807, 2.05) is 60.7 Å². The molecule has 0 saturated heterocycles. The lowest BCUT2D eigenvalue weighted by molar-refractivity contribution is 0.0942. The fraction of sp³-hybridized carbons (Fsp3) is 0.136. The van der Waals surface area contributed by atoms with Crippen molar-refractivity contribution in [2.24, 2.45) is 0 Å². The minimum absolute atomic E-state index is 0.0775. The molecule has 4 nitrogen and oxygen atoms in total. The predicted octanol–water partition coefficient (Wildman–Crippen LogP) is 5.45. The number of hydrogen-bond acceptors (Lipinski definition) is 3. The van der Waals surface area contributed by atoms with E-state index < -0.39 is 0 Å². The van der Waals surface area contributed by atoms with Gasteiger partial charge in [-0.05, 0) is 51.3 Å². The van der Waals surface area contributed by atoms with Gasteiger partial charge in [0.05, 0.1) is 21.1 Å². The fourth-order valence-corrected chi connectivity index (χ4v) is 4.76. The number of ether oxygens (including phenoxy) is 1. The summed E-state index contributed by atoms with van der Waals surface area (Å²) < 4.78 is 9.53. The van der Waals surface area contributed by atoms with Crippen LogP contribution in [0.3, 0.4) is 0 Å². The minimum Gasteiger partial charge on any atom is -0.497 e. The molecule has 0 aliphatic carbocycles. The van der Waals surface area contributed by atoms with Gasteiger partial charge in [0.1, 0.15) is 11.4 Å². The minimum atomic E-state index is -0.0775. The van der Waals surface area contributed by atoms with Crippen LogP contribution in [-0.4, -0.2) is 17.6 Å². The molecule has 2 heterocycles. The first-order valence-electron chi connectivity index (χ1n) is 8.87. The quantitative estimate of drug-likeness (QED) is 0.420. The normalized spacial score (nSPS) is 10.9. The van der Waals surface area contributed by atoms with Crippen molar-refractivity contribution in [2.75, 3.05) is 7.11 Å². The van der Waals surface area contributed by atoms with Gasteiger partial charge in [-0.3, -0.25) is 4.79 Å². The highest BCUT2D eigenvalue weighted by molar-refractivity contribution is 9.11. The Morgan fingerprint density at radius 2 is 1.86 bits per heavy atom. The second-order valence-corrected chi connectivity index (χ2v) is 8.90. The number of carbonyl (C=O) groups excluding carboxylic acids is 1. The van der Waals surface area contributed by atoms with E-state index in [1.54, 1.807) is 18.4 Å². The number of thiophene rings is 1. The summed E-state index contributed by atoms with van der Waals surface area (Å²) in [6.45, 7) is 1.10. The van der Waals surface area contributed by atoms with Crippen molar-refractivity contribution in [1.29, 1.82) is 0 Å². The van der Waals surface area contributed by atoms with Crippen molar-refractivity contribution in [3.05, 3.63) is 87.3 Å². The molecule has 6 heteroatoms. The molecule has 4 rings (SSSR count). The number of aromatic nitrogens is 1. The molecule has 1 N–H and O–H groups in total. The topological polar surface area (TPSA) is 43.3 Å². The lowest BCUT2D eigenvalue weighted by Gasteiger charge is -2.12. The molecule has 28 heavy (non-hydrogen) atoms. The van der Waals surface area contributed by atoms with Crippen LogP contribution in [0.5, 0.6) is 5.75 Å². The van der Waals surface area contributed by atoms with Crippen LogP contribution in [0.1, 0.15) is 21.6 Å². The summed E-state index contributed by atoms with van der Waals surface area (Å²) in [5.74, 6) is 0.730. The number of nitrogens with one attached hydrogen (secondary N) is 1. The van der Waals surface area contributed by atoms with Gasteiger partial charge in [0.15, 0.2) is 0 Å². The first-order valence-corrected chi connectivity index (χ1v) is 10.5. The zero-order chi connectivity index (χ0) is 19.5.